The fourth-order valence-electron chi connectivity index (χ4n) is 1.33. The minimum absolute atomic E-state index is 0.0277. The summed E-state index contributed by atoms with van der Waals surface area (Å²) >= 11 is 6.33. The number of alkyl halides is 4. The third kappa shape index (κ3) is 3.10. The lowest BCUT2D eigenvalue weighted by Gasteiger charge is -2.11. The molecule has 0 aliphatic rings. The Hall–Kier alpha value is -0.290. The molecular weight excluding hydrogens is 346 g/mol. The predicted molar refractivity (Wildman–Crippen MR) is 66.4 cm³/mol. The second kappa shape index (κ2) is 5.87. The standard InChI is InChI=1S/C11H10Br2F2O/c1-6(16)10(13)7-2-3-8(5-12)9(4-7)11(14)15/h2-4,10-11H,5H2,1H3. The number of rotatable bonds is 4. The van der Waals surface area contributed by atoms with Gasteiger partial charge in [0, 0.05) is 10.9 Å². The molecular formula is C11H10Br2F2O. The van der Waals surface area contributed by atoms with Gasteiger partial charge in [-0.05, 0) is 24.1 Å². The Labute approximate surface area is 109 Å². The Bertz CT molecular complexity index is 394. The zero-order valence-electron chi connectivity index (χ0n) is 8.51. The van der Waals surface area contributed by atoms with Gasteiger partial charge >= 0.3 is 0 Å². The first-order chi connectivity index (χ1) is 7.47. The molecule has 0 saturated carbocycles. The van der Waals surface area contributed by atoms with Gasteiger partial charge in [0.2, 0.25) is 0 Å². The number of carbonyl (C=O) groups excluding carboxylic acids is 1. The summed E-state index contributed by atoms with van der Waals surface area (Å²) in [6.45, 7) is 1.42. The highest BCUT2D eigenvalue weighted by molar-refractivity contribution is 9.09. The Morgan fingerprint density at radius 1 is 1.44 bits per heavy atom. The highest BCUT2D eigenvalue weighted by Crippen LogP contribution is 2.31. The average Bonchev–Trinajstić information content (AvgIpc) is 2.26. The zero-order chi connectivity index (χ0) is 12.3. The molecule has 0 bridgehead atoms. The third-order valence-corrected chi connectivity index (χ3v) is 3.98. The lowest BCUT2D eigenvalue weighted by Crippen LogP contribution is -2.03. The van der Waals surface area contributed by atoms with E-state index in [1.54, 1.807) is 12.1 Å². The molecule has 0 aliphatic heterocycles. The molecule has 0 heterocycles. The molecule has 16 heavy (non-hydrogen) atoms. The van der Waals surface area contributed by atoms with Crippen molar-refractivity contribution in [3.05, 3.63) is 34.9 Å². The van der Waals surface area contributed by atoms with Crippen LogP contribution in [-0.2, 0) is 10.1 Å². The van der Waals surface area contributed by atoms with Crippen molar-refractivity contribution in [2.24, 2.45) is 0 Å². The van der Waals surface area contributed by atoms with Crippen molar-refractivity contribution in [3.63, 3.8) is 0 Å². The molecule has 1 nitrogen and oxygen atoms in total. The highest BCUT2D eigenvalue weighted by atomic mass is 79.9. The molecule has 0 N–H and O–H groups in total. The summed E-state index contributed by atoms with van der Waals surface area (Å²) in [5.41, 5.74) is 1.08. The van der Waals surface area contributed by atoms with Gasteiger partial charge in [-0.1, -0.05) is 44.0 Å². The Morgan fingerprint density at radius 2 is 2.06 bits per heavy atom. The van der Waals surface area contributed by atoms with E-state index in [1.807, 2.05) is 0 Å². The lowest BCUT2D eigenvalue weighted by atomic mass is 10.0. The summed E-state index contributed by atoms with van der Waals surface area (Å²) in [6.07, 6.45) is -2.53. The first kappa shape index (κ1) is 13.8. The van der Waals surface area contributed by atoms with Crippen molar-refractivity contribution < 1.29 is 13.6 Å². The van der Waals surface area contributed by atoms with E-state index in [0.717, 1.165) is 0 Å². The van der Waals surface area contributed by atoms with Crippen molar-refractivity contribution >= 4 is 37.6 Å². The number of halogens is 4. The molecule has 5 heteroatoms. The van der Waals surface area contributed by atoms with Gasteiger partial charge in [-0.3, -0.25) is 4.79 Å². The number of ketones is 1. The maximum Gasteiger partial charge on any atom is 0.264 e. The molecule has 1 unspecified atom stereocenters. The summed E-state index contributed by atoms with van der Waals surface area (Å²) in [4.78, 5) is 10.6. The quantitative estimate of drug-likeness (QED) is 0.724. The maximum atomic E-state index is 12.7. The van der Waals surface area contributed by atoms with Crippen LogP contribution in [0.5, 0.6) is 0 Å². The SMILES string of the molecule is CC(=O)C(Br)c1ccc(CBr)c(C(F)F)c1. The molecule has 1 atom stereocenters. The maximum absolute atomic E-state index is 12.7. The van der Waals surface area contributed by atoms with Crippen LogP contribution in [0.15, 0.2) is 18.2 Å². The van der Waals surface area contributed by atoms with Crippen LogP contribution in [0.3, 0.4) is 0 Å². The summed E-state index contributed by atoms with van der Waals surface area (Å²) in [6, 6.07) is 4.67. The van der Waals surface area contributed by atoms with Crippen molar-refractivity contribution in [1.29, 1.82) is 0 Å². The van der Waals surface area contributed by atoms with E-state index in [9.17, 15) is 13.6 Å². The Kier molecular flexibility index (Phi) is 5.05. The fraction of sp³-hybridized carbons (Fsp3) is 0.364. The number of carbonyl (C=O) groups is 1. The van der Waals surface area contributed by atoms with Crippen LogP contribution in [0.2, 0.25) is 0 Å². The smallest absolute Gasteiger partial charge is 0.264 e. The van der Waals surface area contributed by atoms with E-state index >= 15 is 0 Å². The molecule has 1 aromatic rings. The van der Waals surface area contributed by atoms with Gasteiger partial charge in [0.25, 0.3) is 6.43 Å². The van der Waals surface area contributed by atoms with E-state index < -0.39 is 11.3 Å². The summed E-state index contributed by atoms with van der Waals surface area (Å²) in [7, 11) is 0. The molecule has 1 aromatic carbocycles. The Morgan fingerprint density at radius 3 is 2.50 bits per heavy atom. The molecule has 88 valence electrons. The molecule has 1 rings (SSSR count). The van der Waals surface area contributed by atoms with Gasteiger partial charge in [-0.15, -0.1) is 0 Å². The second-order valence-corrected chi connectivity index (χ2v) is 4.84. The molecule has 0 radical (unpaired) electrons. The van der Waals surface area contributed by atoms with Crippen LogP contribution in [-0.4, -0.2) is 5.78 Å². The van der Waals surface area contributed by atoms with Gasteiger partial charge in [-0.2, -0.15) is 0 Å². The summed E-state index contributed by atoms with van der Waals surface area (Å²) < 4.78 is 25.5. The highest BCUT2D eigenvalue weighted by Gasteiger charge is 2.18. The number of benzene rings is 1. The van der Waals surface area contributed by atoms with Crippen molar-refractivity contribution in [2.75, 3.05) is 0 Å². The number of hydrogen-bond acceptors (Lipinski definition) is 1. The zero-order valence-corrected chi connectivity index (χ0v) is 11.7. The fourth-order valence-corrected chi connectivity index (χ4v) is 2.13. The summed E-state index contributed by atoms with van der Waals surface area (Å²) in [5.74, 6) is -0.105. The van der Waals surface area contributed by atoms with Crippen LogP contribution < -0.4 is 0 Å². The van der Waals surface area contributed by atoms with Crippen LogP contribution in [0, 0.1) is 0 Å². The minimum Gasteiger partial charge on any atom is -0.298 e. The second-order valence-electron chi connectivity index (χ2n) is 3.37. The molecule has 0 aliphatic carbocycles. The van der Waals surface area contributed by atoms with Gasteiger partial charge < -0.3 is 0 Å². The minimum atomic E-state index is -2.53. The normalized spacial score (nSPS) is 12.9. The van der Waals surface area contributed by atoms with Gasteiger partial charge in [0.05, 0.1) is 4.83 Å². The number of hydrogen-bond donors (Lipinski definition) is 0. The monoisotopic (exact) mass is 354 g/mol. The van der Waals surface area contributed by atoms with Gasteiger partial charge in [-0.25, -0.2) is 8.78 Å². The van der Waals surface area contributed by atoms with E-state index in [0.29, 0.717) is 16.5 Å². The lowest BCUT2D eigenvalue weighted by molar-refractivity contribution is -0.116. The first-order valence-electron chi connectivity index (χ1n) is 4.58. The third-order valence-electron chi connectivity index (χ3n) is 2.20. The van der Waals surface area contributed by atoms with E-state index in [1.165, 1.54) is 13.0 Å². The Balaban J connectivity index is 3.16. The van der Waals surface area contributed by atoms with E-state index in [2.05, 4.69) is 31.9 Å². The molecule has 0 aromatic heterocycles. The predicted octanol–water partition coefficient (Wildman–Crippen LogP) is 4.54. The molecule has 0 fully saturated rings. The summed E-state index contributed by atoms with van der Waals surface area (Å²) in [5, 5.41) is 0.375. The van der Waals surface area contributed by atoms with Crippen LogP contribution in [0.4, 0.5) is 8.78 Å². The molecule has 0 spiro atoms. The van der Waals surface area contributed by atoms with Gasteiger partial charge in [0.15, 0.2) is 0 Å². The van der Waals surface area contributed by atoms with Crippen molar-refractivity contribution in [1.82, 2.24) is 0 Å². The van der Waals surface area contributed by atoms with Crippen molar-refractivity contribution in [3.8, 4) is 0 Å². The molecule has 0 amide bonds. The topological polar surface area (TPSA) is 17.1 Å². The van der Waals surface area contributed by atoms with Crippen LogP contribution in [0.25, 0.3) is 0 Å². The van der Waals surface area contributed by atoms with Gasteiger partial charge in [0.1, 0.15) is 5.78 Å². The first-order valence-corrected chi connectivity index (χ1v) is 6.62. The van der Waals surface area contributed by atoms with Crippen molar-refractivity contribution in [2.45, 2.75) is 23.5 Å². The molecule has 0 saturated heterocycles. The van der Waals surface area contributed by atoms with Crippen LogP contribution >= 0.6 is 31.9 Å². The number of Topliss-reactive ketones (excluding diaryl/α,β-unsaturated/α-hetero) is 1. The van der Waals surface area contributed by atoms with Crippen LogP contribution in [0.1, 0.15) is 34.9 Å². The largest absolute Gasteiger partial charge is 0.298 e. The average molecular weight is 356 g/mol. The van der Waals surface area contributed by atoms with E-state index in [4.69, 9.17) is 0 Å². The van der Waals surface area contributed by atoms with E-state index in [-0.39, 0.29) is 11.3 Å².